The molecule has 1 amide bonds. The molecular formula is C11H11ClF3NO2. The summed E-state index contributed by atoms with van der Waals surface area (Å²) in [7, 11) is 0. The zero-order valence-corrected chi connectivity index (χ0v) is 9.96. The predicted octanol–water partition coefficient (Wildman–Crippen LogP) is 3.08. The highest BCUT2D eigenvalue weighted by atomic mass is 35.5. The van der Waals surface area contributed by atoms with Gasteiger partial charge in [0.1, 0.15) is 12.0 Å². The van der Waals surface area contributed by atoms with Gasteiger partial charge in [0.05, 0.1) is 0 Å². The second-order valence-corrected chi connectivity index (χ2v) is 3.98. The molecule has 0 bridgehead atoms. The zero-order valence-electron chi connectivity index (χ0n) is 9.21. The zero-order chi connectivity index (χ0) is 13.6. The van der Waals surface area contributed by atoms with E-state index in [1.165, 1.54) is 0 Å². The van der Waals surface area contributed by atoms with E-state index in [-0.39, 0.29) is 6.61 Å². The standard InChI is InChI=1S/C11H11ClF3NO2/c12-9(11(13,14)15)6-16-10(17)18-7-8-4-2-1-3-5-8/h1-5,9H,6-7H2,(H,16,17). The van der Waals surface area contributed by atoms with Crippen molar-refractivity contribution in [1.29, 1.82) is 0 Å². The number of nitrogens with one attached hydrogen (secondary N) is 1. The van der Waals surface area contributed by atoms with E-state index < -0.39 is 24.2 Å². The molecule has 7 heteroatoms. The molecule has 0 spiro atoms. The third-order valence-corrected chi connectivity index (χ3v) is 2.40. The van der Waals surface area contributed by atoms with Crippen LogP contribution in [0.5, 0.6) is 0 Å². The van der Waals surface area contributed by atoms with E-state index in [9.17, 15) is 18.0 Å². The molecule has 1 aromatic carbocycles. The highest BCUT2D eigenvalue weighted by Gasteiger charge is 2.38. The van der Waals surface area contributed by atoms with Gasteiger partial charge in [0.15, 0.2) is 0 Å². The van der Waals surface area contributed by atoms with Crippen LogP contribution < -0.4 is 5.32 Å². The summed E-state index contributed by atoms with van der Waals surface area (Å²) in [5, 5.41) is -0.177. The second kappa shape index (κ2) is 6.49. The van der Waals surface area contributed by atoms with Gasteiger partial charge in [0.2, 0.25) is 0 Å². The predicted molar refractivity (Wildman–Crippen MR) is 60.3 cm³/mol. The van der Waals surface area contributed by atoms with Crippen LogP contribution in [0.15, 0.2) is 30.3 Å². The van der Waals surface area contributed by atoms with Gasteiger partial charge in [0, 0.05) is 6.54 Å². The summed E-state index contributed by atoms with van der Waals surface area (Å²) in [4.78, 5) is 11.1. The van der Waals surface area contributed by atoms with Crippen LogP contribution in [0.4, 0.5) is 18.0 Å². The summed E-state index contributed by atoms with van der Waals surface area (Å²) in [6.45, 7) is -0.732. The summed E-state index contributed by atoms with van der Waals surface area (Å²) >= 11 is 5.02. The minimum atomic E-state index is -4.55. The van der Waals surface area contributed by atoms with Gasteiger partial charge < -0.3 is 10.1 Å². The first-order valence-corrected chi connectivity index (χ1v) is 5.48. The van der Waals surface area contributed by atoms with Gasteiger partial charge in [0.25, 0.3) is 0 Å². The average molecular weight is 282 g/mol. The summed E-state index contributed by atoms with van der Waals surface area (Å²) < 4.78 is 40.8. The third-order valence-electron chi connectivity index (χ3n) is 1.99. The van der Waals surface area contributed by atoms with E-state index in [0.717, 1.165) is 5.56 Å². The number of alkyl halides is 4. The monoisotopic (exact) mass is 281 g/mol. The van der Waals surface area contributed by atoms with E-state index in [1.54, 1.807) is 30.3 Å². The fourth-order valence-corrected chi connectivity index (χ4v) is 1.14. The van der Waals surface area contributed by atoms with Crippen molar-refractivity contribution in [3.8, 4) is 0 Å². The Bertz CT molecular complexity index is 384. The van der Waals surface area contributed by atoms with Crippen molar-refractivity contribution in [1.82, 2.24) is 5.32 Å². The molecule has 1 atom stereocenters. The molecule has 1 aromatic rings. The Hall–Kier alpha value is -1.43. The maximum absolute atomic E-state index is 12.0. The maximum Gasteiger partial charge on any atom is 0.407 e. The number of hydrogen-bond donors (Lipinski definition) is 1. The molecule has 0 aliphatic heterocycles. The summed E-state index contributed by atoms with van der Waals surface area (Å²) in [5.41, 5.74) is 0.742. The van der Waals surface area contributed by atoms with Crippen molar-refractivity contribution < 1.29 is 22.7 Å². The molecular weight excluding hydrogens is 271 g/mol. The highest BCUT2D eigenvalue weighted by Crippen LogP contribution is 2.23. The SMILES string of the molecule is O=C(NCC(Cl)C(F)(F)F)OCc1ccccc1. The Balaban J connectivity index is 2.27. The quantitative estimate of drug-likeness (QED) is 0.861. The van der Waals surface area contributed by atoms with Crippen LogP contribution in [0.1, 0.15) is 5.56 Å². The number of carbonyl (C=O) groups excluding carboxylic acids is 1. The molecule has 0 aliphatic rings. The number of hydrogen-bond acceptors (Lipinski definition) is 2. The van der Waals surface area contributed by atoms with Gasteiger partial charge in [-0.25, -0.2) is 4.79 Å². The summed E-state index contributed by atoms with van der Waals surface area (Å²) in [6, 6.07) is 8.77. The average Bonchev–Trinajstić information content (AvgIpc) is 2.33. The van der Waals surface area contributed by atoms with Crippen LogP contribution in [0, 0.1) is 0 Å². The molecule has 18 heavy (non-hydrogen) atoms. The molecule has 0 aliphatic carbocycles. The Kier molecular flexibility index (Phi) is 5.27. The lowest BCUT2D eigenvalue weighted by atomic mass is 10.2. The smallest absolute Gasteiger partial charge is 0.407 e. The lowest BCUT2D eigenvalue weighted by molar-refractivity contribution is -0.129. The Labute approximate surface area is 107 Å². The van der Waals surface area contributed by atoms with Crippen LogP contribution in [0.3, 0.4) is 0 Å². The van der Waals surface area contributed by atoms with Crippen molar-refractivity contribution in [2.45, 2.75) is 18.2 Å². The number of rotatable bonds is 4. The number of alkyl carbamates (subject to hydrolysis) is 1. The van der Waals surface area contributed by atoms with E-state index in [2.05, 4.69) is 0 Å². The van der Waals surface area contributed by atoms with Gasteiger partial charge in [-0.2, -0.15) is 13.2 Å². The topological polar surface area (TPSA) is 38.3 Å². The lowest BCUT2D eigenvalue weighted by Gasteiger charge is -2.14. The Morgan fingerprint density at radius 2 is 1.94 bits per heavy atom. The Morgan fingerprint density at radius 1 is 1.33 bits per heavy atom. The largest absolute Gasteiger partial charge is 0.445 e. The van der Waals surface area contributed by atoms with Gasteiger partial charge >= 0.3 is 12.3 Å². The van der Waals surface area contributed by atoms with E-state index >= 15 is 0 Å². The number of halogens is 4. The van der Waals surface area contributed by atoms with Crippen molar-refractivity contribution in [3.05, 3.63) is 35.9 Å². The molecule has 3 nitrogen and oxygen atoms in total. The van der Waals surface area contributed by atoms with Crippen molar-refractivity contribution in [2.75, 3.05) is 6.54 Å². The summed E-state index contributed by atoms with van der Waals surface area (Å²) in [6.07, 6.45) is -5.48. The minimum absolute atomic E-state index is 0.00829. The molecule has 1 rings (SSSR count). The first kappa shape index (κ1) is 14.6. The van der Waals surface area contributed by atoms with Gasteiger partial charge in [-0.3, -0.25) is 0 Å². The number of carbonyl (C=O) groups is 1. The molecule has 0 aromatic heterocycles. The van der Waals surface area contributed by atoms with Crippen LogP contribution in [-0.2, 0) is 11.3 Å². The summed E-state index contributed by atoms with van der Waals surface area (Å²) in [5.74, 6) is 0. The molecule has 0 radical (unpaired) electrons. The first-order chi connectivity index (χ1) is 8.39. The fraction of sp³-hybridized carbons (Fsp3) is 0.364. The second-order valence-electron chi connectivity index (χ2n) is 3.45. The van der Waals surface area contributed by atoms with Gasteiger partial charge in [-0.05, 0) is 5.56 Å². The van der Waals surface area contributed by atoms with Crippen LogP contribution in [0.25, 0.3) is 0 Å². The third kappa shape index (κ3) is 5.27. The van der Waals surface area contributed by atoms with Crippen LogP contribution in [-0.4, -0.2) is 24.2 Å². The molecule has 0 heterocycles. The highest BCUT2D eigenvalue weighted by molar-refractivity contribution is 6.21. The molecule has 100 valence electrons. The fourth-order valence-electron chi connectivity index (χ4n) is 1.06. The van der Waals surface area contributed by atoms with Gasteiger partial charge in [-0.15, -0.1) is 11.6 Å². The van der Waals surface area contributed by atoms with E-state index in [0.29, 0.717) is 0 Å². The normalized spacial score (nSPS) is 12.9. The Morgan fingerprint density at radius 3 is 2.50 bits per heavy atom. The van der Waals surface area contributed by atoms with Crippen LogP contribution >= 0.6 is 11.6 Å². The molecule has 1 N–H and O–H groups in total. The first-order valence-electron chi connectivity index (χ1n) is 5.05. The molecule has 0 saturated heterocycles. The molecule has 1 unspecified atom stereocenters. The molecule has 0 fully saturated rings. The maximum atomic E-state index is 12.0. The van der Waals surface area contributed by atoms with Crippen molar-refractivity contribution in [2.24, 2.45) is 0 Å². The van der Waals surface area contributed by atoms with Gasteiger partial charge in [-0.1, -0.05) is 30.3 Å². The van der Waals surface area contributed by atoms with E-state index in [4.69, 9.17) is 16.3 Å². The molecule has 0 saturated carbocycles. The minimum Gasteiger partial charge on any atom is -0.445 e. The van der Waals surface area contributed by atoms with Crippen molar-refractivity contribution in [3.63, 3.8) is 0 Å². The van der Waals surface area contributed by atoms with E-state index in [1.807, 2.05) is 5.32 Å². The number of benzene rings is 1. The number of ether oxygens (including phenoxy) is 1. The van der Waals surface area contributed by atoms with Crippen molar-refractivity contribution >= 4 is 17.7 Å². The van der Waals surface area contributed by atoms with Crippen LogP contribution in [0.2, 0.25) is 0 Å². The number of amides is 1. The lowest BCUT2D eigenvalue weighted by Crippen LogP contribution is -2.37.